The van der Waals surface area contributed by atoms with E-state index in [1.165, 1.54) is 0 Å². The van der Waals surface area contributed by atoms with Crippen molar-refractivity contribution in [2.75, 3.05) is 20.2 Å². The molecule has 19 heavy (non-hydrogen) atoms. The second-order valence-electron chi connectivity index (χ2n) is 5.11. The molecule has 2 rings (SSSR count). The number of piperidine rings is 1. The summed E-state index contributed by atoms with van der Waals surface area (Å²) in [5, 5.41) is 0.593. The van der Waals surface area contributed by atoms with E-state index in [1.807, 2.05) is 11.0 Å². The number of hydrogen-bond donors (Lipinski definition) is 0. The van der Waals surface area contributed by atoms with Crippen molar-refractivity contribution in [2.24, 2.45) is 0 Å². The normalized spacial score (nSPS) is 23.5. The van der Waals surface area contributed by atoms with Gasteiger partial charge in [-0.15, -0.1) is 0 Å². The van der Waals surface area contributed by atoms with Crippen molar-refractivity contribution in [3.05, 3.63) is 32.4 Å². The van der Waals surface area contributed by atoms with Crippen LogP contribution < -0.4 is 0 Å². The third-order valence-electron chi connectivity index (χ3n) is 3.60. The lowest BCUT2D eigenvalue weighted by molar-refractivity contribution is -0.0440. The molecule has 1 heterocycles. The molecule has 1 saturated heterocycles. The van der Waals surface area contributed by atoms with E-state index >= 15 is 0 Å². The van der Waals surface area contributed by atoms with Gasteiger partial charge in [-0.2, -0.15) is 0 Å². The predicted molar refractivity (Wildman–Crippen MR) is 84.7 cm³/mol. The number of likely N-dealkylation sites (tertiary alicyclic amines) is 1. The molecule has 0 radical (unpaired) electrons. The molecule has 0 N–H and O–H groups in total. The van der Waals surface area contributed by atoms with E-state index in [0.717, 1.165) is 23.0 Å². The van der Waals surface area contributed by atoms with Gasteiger partial charge in [0.1, 0.15) is 0 Å². The van der Waals surface area contributed by atoms with Crippen LogP contribution in [0.25, 0.3) is 0 Å². The highest BCUT2D eigenvalue weighted by Gasteiger charge is 2.33. The van der Waals surface area contributed by atoms with Gasteiger partial charge >= 0.3 is 0 Å². The lowest BCUT2D eigenvalue weighted by Crippen LogP contribution is -2.49. The van der Waals surface area contributed by atoms with Gasteiger partial charge in [-0.3, -0.25) is 4.79 Å². The van der Waals surface area contributed by atoms with Crippen LogP contribution in [0.15, 0.2) is 18.2 Å². The Hall–Kier alpha value is -0.330. The van der Waals surface area contributed by atoms with Crippen molar-refractivity contribution in [3.63, 3.8) is 0 Å². The first-order valence-electron chi connectivity index (χ1n) is 6.25. The third-order valence-corrected chi connectivity index (χ3v) is 4.77. The molecule has 1 fully saturated rings. The van der Waals surface area contributed by atoms with Crippen molar-refractivity contribution < 1.29 is 9.53 Å². The molecular weight excluding hydrogens is 377 g/mol. The van der Waals surface area contributed by atoms with Gasteiger partial charge in [-0.05, 0) is 60.6 Å². The molecule has 0 aliphatic carbocycles. The molecule has 1 aliphatic rings. The minimum Gasteiger partial charge on any atom is -0.377 e. The fraction of sp³-hybridized carbons (Fsp3) is 0.500. The smallest absolute Gasteiger partial charge is 0.255 e. The maximum atomic E-state index is 12.6. The van der Waals surface area contributed by atoms with Gasteiger partial charge in [0.2, 0.25) is 0 Å². The maximum Gasteiger partial charge on any atom is 0.255 e. The number of amides is 1. The molecule has 1 unspecified atom stereocenters. The molecule has 3 nitrogen and oxygen atoms in total. The van der Waals surface area contributed by atoms with Gasteiger partial charge in [0.15, 0.2) is 0 Å². The molecule has 104 valence electrons. The van der Waals surface area contributed by atoms with E-state index in [1.54, 1.807) is 19.2 Å². The van der Waals surface area contributed by atoms with Crippen molar-refractivity contribution in [2.45, 2.75) is 25.4 Å². The highest BCUT2D eigenvalue weighted by molar-refractivity contribution is 14.1. The van der Waals surface area contributed by atoms with Gasteiger partial charge in [0, 0.05) is 28.8 Å². The molecule has 0 saturated carbocycles. The monoisotopic (exact) mass is 393 g/mol. The summed E-state index contributed by atoms with van der Waals surface area (Å²) in [7, 11) is 1.71. The average Bonchev–Trinajstić information content (AvgIpc) is 2.41. The van der Waals surface area contributed by atoms with Crippen LogP contribution in [0.1, 0.15) is 30.1 Å². The van der Waals surface area contributed by atoms with Gasteiger partial charge in [0.25, 0.3) is 5.91 Å². The molecule has 1 amide bonds. The summed E-state index contributed by atoms with van der Waals surface area (Å²) in [4.78, 5) is 14.4. The fourth-order valence-corrected chi connectivity index (χ4v) is 3.12. The van der Waals surface area contributed by atoms with Gasteiger partial charge in [-0.1, -0.05) is 11.6 Å². The summed E-state index contributed by atoms with van der Waals surface area (Å²) >= 11 is 8.15. The third kappa shape index (κ3) is 3.41. The molecule has 0 bridgehead atoms. The number of carbonyl (C=O) groups excluding carboxylic acids is 1. The van der Waals surface area contributed by atoms with Crippen LogP contribution in [-0.4, -0.2) is 36.6 Å². The van der Waals surface area contributed by atoms with Crippen LogP contribution in [0, 0.1) is 3.57 Å². The first-order chi connectivity index (χ1) is 8.95. The van der Waals surface area contributed by atoms with Crippen LogP contribution in [0.5, 0.6) is 0 Å². The largest absolute Gasteiger partial charge is 0.377 e. The lowest BCUT2D eigenvalue weighted by atomic mass is 9.94. The van der Waals surface area contributed by atoms with E-state index in [9.17, 15) is 4.79 Å². The molecule has 1 atom stereocenters. The predicted octanol–water partition coefficient (Wildman–Crippen LogP) is 3.59. The summed E-state index contributed by atoms with van der Waals surface area (Å²) < 4.78 is 6.45. The van der Waals surface area contributed by atoms with E-state index in [2.05, 4.69) is 29.5 Å². The van der Waals surface area contributed by atoms with Crippen LogP contribution in [0.4, 0.5) is 0 Å². The van der Waals surface area contributed by atoms with E-state index in [-0.39, 0.29) is 11.5 Å². The van der Waals surface area contributed by atoms with Gasteiger partial charge < -0.3 is 9.64 Å². The summed E-state index contributed by atoms with van der Waals surface area (Å²) in [6.07, 6.45) is 1.95. The first-order valence-corrected chi connectivity index (χ1v) is 7.70. The van der Waals surface area contributed by atoms with Crippen molar-refractivity contribution in [1.82, 2.24) is 4.90 Å². The van der Waals surface area contributed by atoms with Crippen molar-refractivity contribution in [1.29, 1.82) is 0 Å². The average molecular weight is 394 g/mol. The Labute approximate surface area is 132 Å². The first kappa shape index (κ1) is 15.1. The number of nitrogens with zero attached hydrogens (tertiary/aromatic N) is 1. The molecule has 0 aromatic heterocycles. The highest BCUT2D eigenvalue weighted by Crippen LogP contribution is 2.26. The van der Waals surface area contributed by atoms with Crippen LogP contribution >= 0.6 is 34.2 Å². The van der Waals surface area contributed by atoms with E-state index < -0.39 is 0 Å². The minimum absolute atomic E-state index is 0.0369. The zero-order chi connectivity index (χ0) is 14.0. The highest BCUT2D eigenvalue weighted by atomic mass is 127. The molecule has 1 aliphatic heterocycles. The number of carbonyl (C=O) groups is 1. The summed E-state index contributed by atoms with van der Waals surface area (Å²) in [5.74, 6) is 0.0369. The number of halogens is 2. The Balaban J connectivity index is 2.22. The molecule has 1 aromatic rings. The topological polar surface area (TPSA) is 29.5 Å². The minimum atomic E-state index is -0.238. The Morgan fingerprint density at radius 3 is 2.95 bits per heavy atom. The molecule has 0 spiro atoms. The second kappa shape index (κ2) is 5.97. The number of rotatable bonds is 2. The molecule has 1 aromatic carbocycles. The standard InChI is InChI=1S/C14H17ClINO2/c1-14(19-2)6-3-7-17(9-14)13(18)11-8-10(15)4-5-12(11)16/h4-5,8H,3,6-7,9H2,1-2H3. The van der Waals surface area contributed by atoms with Crippen LogP contribution in [0.2, 0.25) is 5.02 Å². The SMILES string of the molecule is COC1(C)CCCN(C(=O)c2cc(Cl)ccc2I)C1. The Morgan fingerprint density at radius 1 is 1.53 bits per heavy atom. The Kier molecular flexibility index (Phi) is 4.74. The molecule has 5 heteroatoms. The van der Waals surface area contributed by atoms with E-state index in [4.69, 9.17) is 16.3 Å². The Morgan fingerprint density at radius 2 is 2.26 bits per heavy atom. The van der Waals surface area contributed by atoms with Gasteiger partial charge in [0.05, 0.1) is 11.2 Å². The second-order valence-corrected chi connectivity index (χ2v) is 6.71. The summed E-state index contributed by atoms with van der Waals surface area (Å²) in [6.45, 7) is 3.46. The number of benzene rings is 1. The summed E-state index contributed by atoms with van der Waals surface area (Å²) in [6, 6.07) is 5.41. The van der Waals surface area contributed by atoms with Crippen LogP contribution in [0.3, 0.4) is 0 Å². The van der Waals surface area contributed by atoms with Crippen molar-refractivity contribution >= 4 is 40.1 Å². The Bertz CT molecular complexity index is 494. The van der Waals surface area contributed by atoms with Crippen LogP contribution in [-0.2, 0) is 4.74 Å². The molecular formula is C14H17ClINO2. The quantitative estimate of drug-likeness (QED) is 0.719. The zero-order valence-corrected chi connectivity index (χ0v) is 14.0. The fourth-order valence-electron chi connectivity index (χ4n) is 2.38. The van der Waals surface area contributed by atoms with E-state index in [0.29, 0.717) is 17.1 Å². The number of hydrogen-bond acceptors (Lipinski definition) is 2. The van der Waals surface area contributed by atoms with Crippen molar-refractivity contribution in [3.8, 4) is 0 Å². The maximum absolute atomic E-state index is 12.6. The summed E-state index contributed by atoms with van der Waals surface area (Å²) in [5.41, 5.74) is 0.436. The lowest BCUT2D eigenvalue weighted by Gasteiger charge is -2.39. The number of ether oxygens (including phenoxy) is 1. The zero-order valence-electron chi connectivity index (χ0n) is 11.1. The van der Waals surface area contributed by atoms with Gasteiger partial charge in [-0.25, -0.2) is 0 Å². The number of methoxy groups -OCH3 is 1.